The van der Waals surface area contributed by atoms with Gasteiger partial charge in [0.2, 0.25) is 0 Å². The minimum absolute atomic E-state index is 0.594. The molecule has 1 aliphatic carbocycles. The van der Waals surface area contributed by atoms with Crippen LogP contribution in [0.15, 0.2) is 206 Å². The van der Waals surface area contributed by atoms with Crippen molar-refractivity contribution in [2.24, 2.45) is 0 Å². The summed E-state index contributed by atoms with van der Waals surface area (Å²) in [7, 11) is 0. The van der Waals surface area contributed by atoms with Gasteiger partial charge in [0.15, 0.2) is 17.5 Å². The Hall–Kier alpha value is -8.15. The molecule has 13 rings (SSSR count). The molecule has 2 aliphatic rings. The number of ether oxygens (including phenoxy) is 1. The summed E-state index contributed by atoms with van der Waals surface area (Å²) in [5.41, 5.74) is 12.7. The van der Waals surface area contributed by atoms with Crippen molar-refractivity contribution < 1.29 is 4.74 Å². The topological polar surface area (TPSA) is 52.8 Å². The van der Waals surface area contributed by atoms with Crippen LogP contribution in [0.1, 0.15) is 22.3 Å². The van der Waals surface area contributed by atoms with Crippen LogP contribution >= 0.6 is 0 Å². The summed E-state index contributed by atoms with van der Waals surface area (Å²) in [6.45, 7) is 0. The summed E-state index contributed by atoms with van der Waals surface area (Å²) in [5, 5.41) is 4.63. The lowest BCUT2D eigenvalue weighted by molar-refractivity contribution is 0.437. The molecule has 0 saturated heterocycles. The van der Waals surface area contributed by atoms with Gasteiger partial charge in [-0.05, 0) is 58.0 Å². The summed E-state index contributed by atoms with van der Waals surface area (Å²) in [4.78, 5) is 15.2. The molecule has 5 nitrogen and oxygen atoms in total. The third kappa shape index (κ3) is 4.86. The highest BCUT2D eigenvalue weighted by Crippen LogP contribution is 2.62. The van der Waals surface area contributed by atoms with Crippen LogP contribution in [0.2, 0.25) is 0 Å². The lowest BCUT2D eigenvalue weighted by Crippen LogP contribution is -2.32. The molecule has 0 amide bonds. The van der Waals surface area contributed by atoms with Crippen LogP contribution in [0.3, 0.4) is 0 Å². The average Bonchev–Trinajstić information content (AvgIpc) is 3.82. The summed E-state index contributed by atoms with van der Waals surface area (Å²) in [6, 6.07) is 73.1. The maximum atomic E-state index is 6.99. The average molecular weight is 779 g/mol. The zero-order chi connectivity index (χ0) is 40.1. The summed E-state index contributed by atoms with van der Waals surface area (Å²) in [6.07, 6.45) is 0. The van der Waals surface area contributed by atoms with E-state index >= 15 is 0 Å². The zero-order valence-corrected chi connectivity index (χ0v) is 32.8. The highest BCUT2D eigenvalue weighted by molar-refractivity contribution is 6.19. The van der Waals surface area contributed by atoms with Crippen molar-refractivity contribution in [2.75, 3.05) is 0 Å². The van der Waals surface area contributed by atoms with Crippen molar-refractivity contribution in [3.63, 3.8) is 0 Å². The van der Waals surface area contributed by atoms with E-state index in [-0.39, 0.29) is 0 Å². The van der Waals surface area contributed by atoms with Crippen LogP contribution in [0.4, 0.5) is 0 Å². The van der Waals surface area contributed by atoms with Crippen molar-refractivity contribution in [1.29, 1.82) is 0 Å². The monoisotopic (exact) mass is 778 g/mol. The molecule has 61 heavy (non-hydrogen) atoms. The van der Waals surface area contributed by atoms with E-state index in [0.717, 1.165) is 66.8 Å². The van der Waals surface area contributed by atoms with Gasteiger partial charge < -0.3 is 9.30 Å². The fourth-order valence-electron chi connectivity index (χ4n) is 10.1. The normalized spacial score (nSPS) is 13.2. The molecule has 1 aliphatic heterocycles. The Morgan fingerprint density at radius 2 is 0.951 bits per heavy atom. The van der Waals surface area contributed by atoms with Crippen LogP contribution in [0.25, 0.3) is 83.6 Å². The number of aromatic nitrogens is 4. The highest BCUT2D eigenvalue weighted by atomic mass is 16.5. The largest absolute Gasteiger partial charge is 0.457 e. The van der Waals surface area contributed by atoms with Gasteiger partial charge in [0.1, 0.15) is 11.5 Å². The smallest absolute Gasteiger partial charge is 0.164 e. The van der Waals surface area contributed by atoms with E-state index in [4.69, 9.17) is 19.7 Å². The maximum absolute atomic E-state index is 6.99. The number of fused-ring (bicyclic) bond motifs is 14. The Labute approximate surface area is 351 Å². The van der Waals surface area contributed by atoms with E-state index in [9.17, 15) is 0 Å². The van der Waals surface area contributed by atoms with Crippen molar-refractivity contribution >= 4 is 32.6 Å². The molecule has 0 atom stereocenters. The van der Waals surface area contributed by atoms with Crippen molar-refractivity contribution in [3.05, 3.63) is 229 Å². The van der Waals surface area contributed by atoms with E-state index < -0.39 is 5.41 Å². The minimum atomic E-state index is -0.594. The molecule has 0 unspecified atom stereocenters. The van der Waals surface area contributed by atoms with E-state index in [0.29, 0.717) is 17.5 Å². The van der Waals surface area contributed by atoms with E-state index in [2.05, 4.69) is 150 Å². The third-order valence-corrected chi connectivity index (χ3v) is 12.7. The predicted molar refractivity (Wildman–Crippen MR) is 245 cm³/mol. The first kappa shape index (κ1) is 33.8. The molecule has 1 spiro atoms. The summed E-state index contributed by atoms with van der Waals surface area (Å²) < 4.78 is 9.43. The Kier molecular flexibility index (Phi) is 7.16. The fourth-order valence-corrected chi connectivity index (χ4v) is 10.1. The molecule has 0 fully saturated rings. The number of rotatable bonds is 4. The molecule has 5 heteroatoms. The number of hydrogen-bond acceptors (Lipinski definition) is 4. The van der Waals surface area contributed by atoms with Crippen molar-refractivity contribution in [2.45, 2.75) is 5.41 Å². The SMILES string of the molecule is c1ccc(-c2nc(-c3ccccc3)nc(-c3cccc(-n4c5cc6c(cc5c5ccc7ccccc7c54)Oc4ccccc4C64c5ccccc5-c5ccccc54)c3)n2)cc1. The van der Waals surface area contributed by atoms with Crippen LogP contribution in [0.5, 0.6) is 11.5 Å². The number of hydrogen-bond donors (Lipinski definition) is 0. The van der Waals surface area contributed by atoms with Gasteiger partial charge in [-0.15, -0.1) is 0 Å². The molecule has 0 bridgehead atoms. The van der Waals surface area contributed by atoms with E-state index in [1.165, 1.54) is 33.0 Å². The van der Waals surface area contributed by atoms with Crippen molar-refractivity contribution in [1.82, 2.24) is 19.5 Å². The van der Waals surface area contributed by atoms with Gasteiger partial charge in [-0.2, -0.15) is 0 Å². The predicted octanol–water partition coefficient (Wildman–Crippen LogP) is 13.6. The Morgan fingerprint density at radius 1 is 0.377 bits per heavy atom. The van der Waals surface area contributed by atoms with Gasteiger partial charge in [0.25, 0.3) is 0 Å². The first-order valence-corrected chi connectivity index (χ1v) is 20.7. The first-order valence-electron chi connectivity index (χ1n) is 20.7. The second kappa shape index (κ2) is 12.9. The minimum Gasteiger partial charge on any atom is -0.457 e. The first-order chi connectivity index (χ1) is 30.2. The molecule has 9 aromatic carbocycles. The molecule has 3 heterocycles. The zero-order valence-electron chi connectivity index (χ0n) is 32.8. The molecule has 284 valence electrons. The number of para-hydroxylation sites is 1. The Morgan fingerprint density at radius 3 is 1.66 bits per heavy atom. The van der Waals surface area contributed by atoms with Gasteiger partial charge in [-0.1, -0.05) is 176 Å². The highest BCUT2D eigenvalue weighted by Gasteiger charge is 2.51. The van der Waals surface area contributed by atoms with E-state index in [1.807, 2.05) is 60.7 Å². The molecular formula is C56H34N4O. The fraction of sp³-hybridized carbons (Fsp3) is 0.0179. The molecule has 0 radical (unpaired) electrons. The summed E-state index contributed by atoms with van der Waals surface area (Å²) in [5.74, 6) is 3.62. The molecular weight excluding hydrogens is 745 g/mol. The van der Waals surface area contributed by atoms with Crippen LogP contribution in [0, 0.1) is 0 Å². The van der Waals surface area contributed by atoms with Gasteiger partial charge in [0.05, 0.1) is 16.4 Å². The second-order valence-corrected chi connectivity index (χ2v) is 15.9. The molecule has 11 aromatic rings. The van der Waals surface area contributed by atoms with Gasteiger partial charge in [-0.25, -0.2) is 15.0 Å². The Bertz CT molecular complexity index is 3470. The lowest BCUT2D eigenvalue weighted by Gasteiger charge is -2.39. The summed E-state index contributed by atoms with van der Waals surface area (Å²) >= 11 is 0. The van der Waals surface area contributed by atoms with Gasteiger partial charge in [-0.3, -0.25) is 0 Å². The van der Waals surface area contributed by atoms with Gasteiger partial charge in [0, 0.05) is 49.7 Å². The Balaban J connectivity index is 1.11. The molecule has 2 aromatic heterocycles. The van der Waals surface area contributed by atoms with Crippen LogP contribution in [-0.2, 0) is 5.41 Å². The van der Waals surface area contributed by atoms with E-state index in [1.54, 1.807) is 0 Å². The number of nitrogens with zero attached hydrogens (tertiary/aromatic N) is 4. The molecule has 0 saturated carbocycles. The molecule has 0 N–H and O–H groups in total. The van der Waals surface area contributed by atoms with Crippen LogP contribution in [-0.4, -0.2) is 19.5 Å². The standard InChI is InChI=1S/C56H34N4O/c1-3-17-36(18-4-1)53-57-54(37-19-5-2-6-20-37)59-55(58-53)38-21-15-22-39(32-38)60-49-34-48-51(33-44(49)43-31-30-35-16-7-8-23-40(35)52(43)60)61-50-29-14-13-28-47(50)56(48)45-26-11-9-24-41(45)42-25-10-12-27-46(42)56/h1-34H. The van der Waals surface area contributed by atoms with Crippen LogP contribution < -0.4 is 4.74 Å². The lowest BCUT2D eigenvalue weighted by atomic mass is 9.66. The van der Waals surface area contributed by atoms with Crippen molar-refractivity contribution in [3.8, 4) is 62.5 Å². The van der Waals surface area contributed by atoms with Gasteiger partial charge >= 0.3 is 0 Å². The maximum Gasteiger partial charge on any atom is 0.164 e. The quantitative estimate of drug-likeness (QED) is 0.179. The second-order valence-electron chi connectivity index (χ2n) is 15.9. The number of benzene rings is 9. The third-order valence-electron chi connectivity index (χ3n) is 12.7.